The third-order valence-corrected chi connectivity index (χ3v) is 4.07. The Kier molecular flexibility index (Phi) is 5.75. The first kappa shape index (κ1) is 17.8. The Labute approximate surface area is 152 Å². The minimum Gasteiger partial charge on any atom is -0.434 e. The first-order valence-corrected chi connectivity index (χ1v) is 8.33. The van der Waals surface area contributed by atoms with Crippen LogP contribution < -0.4 is 10.1 Å². The first-order chi connectivity index (χ1) is 12.6. The number of para-hydroxylation sites is 1. The third-order valence-electron chi connectivity index (χ3n) is 3.19. The van der Waals surface area contributed by atoms with Crippen molar-refractivity contribution in [3.05, 3.63) is 72.6 Å². The number of benzene rings is 1. The van der Waals surface area contributed by atoms with Crippen LogP contribution >= 0.6 is 11.8 Å². The maximum atomic E-state index is 12.5. The first-order valence-electron chi connectivity index (χ1n) is 7.52. The Morgan fingerprint density at radius 3 is 2.54 bits per heavy atom. The van der Waals surface area contributed by atoms with Crippen LogP contribution in [0.4, 0.5) is 14.5 Å². The van der Waals surface area contributed by atoms with Crippen molar-refractivity contribution in [2.45, 2.75) is 16.7 Å². The zero-order valence-corrected chi connectivity index (χ0v) is 14.1. The summed E-state index contributed by atoms with van der Waals surface area (Å²) in [4.78, 5) is 20.8. The molecule has 2 heterocycles. The fourth-order valence-electron chi connectivity index (χ4n) is 2.11. The number of carbonyl (C=O) groups excluding carboxylic acids is 1. The van der Waals surface area contributed by atoms with Crippen LogP contribution in [-0.2, 0) is 0 Å². The number of halogens is 2. The smallest absolute Gasteiger partial charge is 0.387 e. The second-order valence-corrected chi connectivity index (χ2v) is 6.02. The van der Waals surface area contributed by atoms with Crippen LogP contribution in [0, 0.1) is 0 Å². The van der Waals surface area contributed by atoms with Crippen LogP contribution in [0.2, 0.25) is 0 Å². The molecule has 3 aromatic rings. The standard InChI is InChI=1S/C18H13F2N3O2S/c19-18(20)25-14-6-2-1-5-13(14)17(24)23-12-8-10-22-16(11-12)26-15-7-3-4-9-21-15/h1-11,18H,(H,22,23,24). The average Bonchev–Trinajstić information content (AvgIpc) is 2.63. The molecule has 0 saturated heterocycles. The average molecular weight is 373 g/mol. The number of pyridine rings is 2. The molecule has 8 heteroatoms. The number of ether oxygens (including phenoxy) is 1. The van der Waals surface area contributed by atoms with Crippen molar-refractivity contribution in [3.63, 3.8) is 0 Å². The van der Waals surface area contributed by atoms with Gasteiger partial charge in [0.1, 0.15) is 15.8 Å². The lowest BCUT2D eigenvalue weighted by Crippen LogP contribution is -2.15. The van der Waals surface area contributed by atoms with Crippen molar-refractivity contribution in [3.8, 4) is 5.75 Å². The highest BCUT2D eigenvalue weighted by Gasteiger charge is 2.15. The summed E-state index contributed by atoms with van der Waals surface area (Å²) in [6.07, 6.45) is 3.22. The second kappa shape index (κ2) is 8.39. The molecule has 0 spiro atoms. The number of amides is 1. The SMILES string of the molecule is O=C(Nc1ccnc(Sc2ccccn2)c1)c1ccccc1OC(F)F. The molecule has 0 atom stereocenters. The second-order valence-electron chi connectivity index (χ2n) is 4.98. The third kappa shape index (κ3) is 4.76. The number of carbonyl (C=O) groups is 1. The quantitative estimate of drug-likeness (QED) is 0.690. The van der Waals surface area contributed by atoms with Gasteiger partial charge in [0, 0.05) is 18.1 Å². The van der Waals surface area contributed by atoms with Gasteiger partial charge in [-0.1, -0.05) is 30.0 Å². The maximum absolute atomic E-state index is 12.5. The molecule has 0 bridgehead atoms. The minimum atomic E-state index is -3.01. The molecule has 1 aromatic carbocycles. The summed E-state index contributed by atoms with van der Waals surface area (Å²) in [6.45, 7) is -3.01. The molecule has 5 nitrogen and oxygen atoms in total. The number of alkyl halides is 2. The number of hydrogen-bond donors (Lipinski definition) is 1. The molecule has 0 saturated carbocycles. The summed E-state index contributed by atoms with van der Waals surface area (Å²) in [6, 6.07) is 14.6. The molecule has 0 radical (unpaired) electrons. The number of rotatable bonds is 6. The van der Waals surface area contributed by atoms with Crippen LogP contribution in [-0.4, -0.2) is 22.5 Å². The summed E-state index contributed by atoms with van der Waals surface area (Å²) in [5.41, 5.74) is 0.499. The van der Waals surface area contributed by atoms with Gasteiger partial charge < -0.3 is 10.1 Å². The van der Waals surface area contributed by atoms with Gasteiger partial charge in [0.15, 0.2) is 0 Å². The number of nitrogens with one attached hydrogen (secondary N) is 1. The molecule has 0 aliphatic carbocycles. The molecule has 0 aliphatic rings. The molecule has 1 amide bonds. The van der Waals surface area contributed by atoms with Crippen molar-refractivity contribution < 1.29 is 18.3 Å². The zero-order chi connectivity index (χ0) is 18.4. The summed E-state index contributed by atoms with van der Waals surface area (Å²) in [7, 11) is 0. The molecule has 26 heavy (non-hydrogen) atoms. The molecular weight excluding hydrogens is 360 g/mol. The molecule has 132 valence electrons. The fourth-order valence-corrected chi connectivity index (χ4v) is 2.88. The fraction of sp³-hybridized carbons (Fsp3) is 0.0556. The van der Waals surface area contributed by atoms with E-state index in [0.717, 1.165) is 5.03 Å². The van der Waals surface area contributed by atoms with E-state index < -0.39 is 12.5 Å². The number of aromatic nitrogens is 2. The van der Waals surface area contributed by atoms with Gasteiger partial charge in [-0.3, -0.25) is 4.79 Å². The summed E-state index contributed by atoms with van der Waals surface area (Å²) in [5, 5.41) is 4.06. The predicted molar refractivity (Wildman–Crippen MR) is 93.6 cm³/mol. The van der Waals surface area contributed by atoms with E-state index in [1.807, 2.05) is 18.2 Å². The summed E-state index contributed by atoms with van der Waals surface area (Å²) in [5.74, 6) is -0.738. The van der Waals surface area contributed by atoms with E-state index in [0.29, 0.717) is 10.7 Å². The van der Waals surface area contributed by atoms with E-state index in [4.69, 9.17) is 0 Å². The van der Waals surface area contributed by atoms with E-state index in [-0.39, 0.29) is 11.3 Å². The van der Waals surface area contributed by atoms with Crippen molar-refractivity contribution in [2.24, 2.45) is 0 Å². The van der Waals surface area contributed by atoms with Gasteiger partial charge in [-0.05, 0) is 36.4 Å². The van der Waals surface area contributed by atoms with Crippen molar-refractivity contribution in [1.29, 1.82) is 0 Å². The van der Waals surface area contributed by atoms with Gasteiger partial charge in [0.2, 0.25) is 0 Å². The lowest BCUT2D eigenvalue weighted by atomic mass is 10.2. The molecule has 1 N–H and O–H groups in total. The van der Waals surface area contributed by atoms with E-state index in [1.54, 1.807) is 30.6 Å². The predicted octanol–water partition coefficient (Wildman–Crippen LogP) is 4.48. The van der Waals surface area contributed by atoms with E-state index in [2.05, 4.69) is 20.0 Å². The number of nitrogens with zero attached hydrogens (tertiary/aromatic N) is 2. The van der Waals surface area contributed by atoms with E-state index >= 15 is 0 Å². The molecule has 0 unspecified atom stereocenters. The van der Waals surface area contributed by atoms with Crippen molar-refractivity contribution in [2.75, 3.05) is 5.32 Å². The summed E-state index contributed by atoms with van der Waals surface area (Å²) < 4.78 is 29.3. The Morgan fingerprint density at radius 2 is 1.77 bits per heavy atom. The van der Waals surface area contributed by atoms with Crippen molar-refractivity contribution in [1.82, 2.24) is 9.97 Å². The van der Waals surface area contributed by atoms with Crippen LogP contribution in [0.15, 0.2) is 77.0 Å². The monoisotopic (exact) mass is 373 g/mol. The van der Waals surface area contributed by atoms with Crippen LogP contribution in [0.3, 0.4) is 0 Å². The van der Waals surface area contributed by atoms with Crippen LogP contribution in [0.1, 0.15) is 10.4 Å². The Bertz CT molecular complexity index is 894. The van der Waals surface area contributed by atoms with Gasteiger partial charge in [-0.15, -0.1) is 0 Å². The summed E-state index contributed by atoms with van der Waals surface area (Å²) >= 11 is 1.34. The highest BCUT2D eigenvalue weighted by molar-refractivity contribution is 7.99. The molecular formula is C18H13F2N3O2S. The van der Waals surface area contributed by atoms with Gasteiger partial charge in [-0.2, -0.15) is 8.78 Å². The Morgan fingerprint density at radius 1 is 1.00 bits per heavy atom. The molecule has 3 rings (SSSR count). The van der Waals surface area contributed by atoms with E-state index in [9.17, 15) is 13.6 Å². The van der Waals surface area contributed by atoms with Crippen molar-refractivity contribution >= 4 is 23.4 Å². The molecule has 2 aromatic heterocycles. The van der Waals surface area contributed by atoms with Gasteiger partial charge in [0.05, 0.1) is 5.56 Å². The van der Waals surface area contributed by atoms with Gasteiger partial charge in [0.25, 0.3) is 5.91 Å². The number of hydrogen-bond acceptors (Lipinski definition) is 5. The topological polar surface area (TPSA) is 64.1 Å². The van der Waals surface area contributed by atoms with E-state index in [1.165, 1.54) is 30.0 Å². The Balaban J connectivity index is 1.75. The lowest BCUT2D eigenvalue weighted by molar-refractivity contribution is -0.0501. The highest BCUT2D eigenvalue weighted by Crippen LogP contribution is 2.26. The van der Waals surface area contributed by atoms with Gasteiger partial charge >= 0.3 is 6.61 Å². The van der Waals surface area contributed by atoms with Crippen LogP contribution in [0.25, 0.3) is 0 Å². The number of anilines is 1. The minimum absolute atomic E-state index is 0.0172. The molecule has 0 fully saturated rings. The lowest BCUT2D eigenvalue weighted by Gasteiger charge is -2.11. The Hall–Kier alpha value is -3.00. The largest absolute Gasteiger partial charge is 0.434 e. The highest BCUT2D eigenvalue weighted by atomic mass is 32.2. The molecule has 0 aliphatic heterocycles. The normalized spacial score (nSPS) is 10.6. The van der Waals surface area contributed by atoms with Gasteiger partial charge in [-0.25, -0.2) is 9.97 Å². The zero-order valence-electron chi connectivity index (χ0n) is 13.3. The van der Waals surface area contributed by atoms with Crippen LogP contribution in [0.5, 0.6) is 5.75 Å². The maximum Gasteiger partial charge on any atom is 0.387 e.